The minimum absolute atomic E-state index is 0.289. The monoisotopic (exact) mass is 231 g/mol. The molecule has 0 aromatic carbocycles. The average molecular weight is 231 g/mol. The predicted molar refractivity (Wildman–Crippen MR) is 64.5 cm³/mol. The summed E-state index contributed by atoms with van der Waals surface area (Å²) in [5, 5.41) is 6.63. The maximum Gasteiger partial charge on any atom is 0.261 e. The van der Waals surface area contributed by atoms with Crippen molar-refractivity contribution < 1.29 is 4.79 Å². The molecule has 0 atom stereocenters. The summed E-state index contributed by atoms with van der Waals surface area (Å²) in [5.41, 5.74) is 7.68. The van der Waals surface area contributed by atoms with Gasteiger partial charge in [-0.15, -0.1) is 0 Å². The first-order valence-corrected chi connectivity index (χ1v) is 5.08. The van der Waals surface area contributed by atoms with Crippen LogP contribution < -0.4 is 11.1 Å². The van der Waals surface area contributed by atoms with Crippen LogP contribution in [0.4, 0.5) is 11.5 Å². The van der Waals surface area contributed by atoms with Gasteiger partial charge in [0, 0.05) is 13.2 Å². The van der Waals surface area contributed by atoms with Crippen LogP contribution in [0.15, 0.2) is 24.7 Å². The summed E-state index contributed by atoms with van der Waals surface area (Å²) in [6, 6.07) is 1.83. The largest absolute Gasteiger partial charge is 0.383 e. The molecule has 3 N–H and O–H groups in total. The number of rotatable bonds is 2. The fraction of sp³-hybridized carbons (Fsp3) is 0.182. The van der Waals surface area contributed by atoms with Crippen molar-refractivity contribution in [1.29, 1.82) is 0 Å². The molecular weight excluding hydrogens is 218 g/mol. The van der Waals surface area contributed by atoms with Gasteiger partial charge in [-0.2, -0.15) is 5.10 Å². The molecule has 17 heavy (non-hydrogen) atoms. The van der Waals surface area contributed by atoms with Crippen molar-refractivity contribution >= 4 is 17.4 Å². The van der Waals surface area contributed by atoms with Crippen molar-refractivity contribution in [3.05, 3.63) is 35.8 Å². The highest BCUT2D eigenvalue weighted by molar-refractivity contribution is 6.07. The van der Waals surface area contributed by atoms with Gasteiger partial charge >= 0.3 is 0 Å². The van der Waals surface area contributed by atoms with Gasteiger partial charge < -0.3 is 11.1 Å². The predicted octanol–water partition coefficient (Wildman–Crippen LogP) is 0.958. The van der Waals surface area contributed by atoms with E-state index in [0.717, 1.165) is 5.56 Å². The van der Waals surface area contributed by atoms with Crippen LogP contribution in [0, 0.1) is 6.92 Å². The molecule has 2 heterocycles. The molecule has 0 aliphatic heterocycles. The van der Waals surface area contributed by atoms with Crippen LogP contribution in [0.5, 0.6) is 0 Å². The summed E-state index contributed by atoms with van der Waals surface area (Å²) in [7, 11) is 1.68. The van der Waals surface area contributed by atoms with Crippen molar-refractivity contribution in [3.8, 4) is 0 Å². The number of hydrogen-bond acceptors (Lipinski definition) is 4. The van der Waals surface area contributed by atoms with E-state index in [1.54, 1.807) is 19.4 Å². The Balaban J connectivity index is 2.20. The molecule has 0 aliphatic rings. The molecule has 0 aliphatic carbocycles. The van der Waals surface area contributed by atoms with Gasteiger partial charge in [-0.05, 0) is 18.6 Å². The van der Waals surface area contributed by atoms with Gasteiger partial charge in [-0.3, -0.25) is 14.5 Å². The van der Waals surface area contributed by atoms with Crippen LogP contribution in [0.1, 0.15) is 15.9 Å². The zero-order valence-electron chi connectivity index (χ0n) is 9.64. The number of anilines is 2. The van der Waals surface area contributed by atoms with Crippen LogP contribution in [0.25, 0.3) is 0 Å². The number of hydrogen-bond donors (Lipinski definition) is 2. The van der Waals surface area contributed by atoms with Crippen molar-refractivity contribution in [2.24, 2.45) is 7.05 Å². The zero-order chi connectivity index (χ0) is 12.4. The maximum absolute atomic E-state index is 11.9. The number of nitrogen functional groups attached to an aromatic ring is 1. The van der Waals surface area contributed by atoms with E-state index in [9.17, 15) is 4.79 Å². The van der Waals surface area contributed by atoms with E-state index in [1.165, 1.54) is 10.9 Å². The third kappa shape index (κ3) is 2.25. The molecular formula is C11H13N5O. The zero-order valence-corrected chi connectivity index (χ0v) is 9.64. The lowest BCUT2D eigenvalue weighted by Gasteiger charge is -2.04. The Morgan fingerprint density at radius 1 is 1.41 bits per heavy atom. The second-order valence-corrected chi connectivity index (χ2v) is 3.77. The second-order valence-electron chi connectivity index (χ2n) is 3.77. The van der Waals surface area contributed by atoms with Crippen molar-refractivity contribution in [1.82, 2.24) is 14.8 Å². The summed E-state index contributed by atoms with van der Waals surface area (Å²) < 4.78 is 1.45. The average Bonchev–Trinajstić information content (AvgIpc) is 2.60. The minimum Gasteiger partial charge on any atom is -0.383 e. The standard InChI is InChI=1S/C11H13N5O/c1-7-3-8(5-13-4-7)15-11(17)9-6-14-16(2)10(9)12/h3-6H,12H2,1-2H3,(H,15,17). The first-order chi connectivity index (χ1) is 8.08. The number of aromatic nitrogens is 3. The van der Waals surface area contributed by atoms with E-state index < -0.39 is 0 Å². The topological polar surface area (TPSA) is 85.8 Å². The molecule has 2 aromatic heterocycles. The molecule has 0 spiro atoms. The van der Waals surface area contributed by atoms with Gasteiger partial charge in [0.15, 0.2) is 0 Å². The molecule has 0 unspecified atom stereocenters. The normalized spacial score (nSPS) is 10.2. The molecule has 1 amide bonds. The summed E-state index contributed by atoms with van der Waals surface area (Å²) in [4.78, 5) is 15.9. The van der Waals surface area contributed by atoms with Crippen LogP contribution >= 0.6 is 0 Å². The van der Waals surface area contributed by atoms with Gasteiger partial charge in [0.25, 0.3) is 5.91 Å². The summed E-state index contributed by atoms with van der Waals surface area (Å²) in [6.07, 6.45) is 4.74. The SMILES string of the molecule is Cc1cncc(NC(=O)c2cnn(C)c2N)c1. The number of nitrogens with one attached hydrogen (secondary N) is 1. The summed E-state index contributed by atoms with van der Waals surface area (Å²) in [5.74, 6) is 0.0473. The highest BCUT2D eigenvalue weighted by Gasteiger charge is 2.13. The van der Waals surface area contributed by atoms with E-state index in [2.05, 4.69) is 15.4 Å². The quantitative estimate of drug-likeness (QED) is 0.806. The smallest absolute Gasteiger partial charge is 0.261 e. The third-order valence-electron chi connectivity index (χ3n) is 2.36. The van der Waals surface area contributed by atoms with Crippen LogP contribution in [-0.4, -0.2) is 20.7 Å². The molecule has 6 nitrogen and oxygen atoms in total. The van der Waals surface area contributed by atoms with E-state index in [1.807, 2.05) is 13.0 Å². The number of aryl methyl sites for hydroxylation is 2. The molecule has 6 heteroatoms. The van der Waals surface area contributed by atoms with Crippen molar-refractivity contribution in [2.75, 3.05) is 11.1 Å². The fourth-order valence-corrected chi connectivity index (χ4v) is 1.44. The maximum atomic E-state index is 11.9. The number of carbonyl (C=O) groups excluding carboxylic acids is 1. The molecule has 0 saturated heterocycles. The molecule has 0 saturated carbocycles. The van der Waals surface area contributed by atoms with Crippen LogP contribution in [-0.2, 0) is 7.05 Å². The lowest BCUT2D eigenvalue weighted by molar-refractivity contribution is 0.102. The number of nitrogens with two attached hydrogens (primary N) is 1. The van der Waals surface area contributed by atoms with E-state index >= 15 is 0 Å². The Morgan fingerprint density at radius 3 is 2.76 bits per heavy atom. The summed E-state index contributed by atoms with van der Waals surface area (Å²) >= 11 is 0. The van der Waals surface area contributed by atoms with Gasteiger partial charge in [0.05, 0.1) is 18.1 Å². The second kappa shape index (κ2) is 4.25. The molecule has 0 fully saturated rings. The van der Waals surface area contributed by atoms with E-state index in [-0.39, 0.29) is 5.91 Å². The summed E-state index contributed by atoms with van der Waals surface area (Å²) in [6.45, 7) is 1.90. The van der Waals surface area contributed by atoms with Gasteiger partial charge in [-0.1, -0.05) is 0 Å². The van der Waals surface area contributed by atoms with E-state index in [0.29, 0.717) is 17.1 Å². The number of pyridine rings is 1. The van der Waals surface area contributed by atoms with Crippen LogP contribution in [0.2, 0.25) is 0 Å². The Labute approximate surface area is 98.5 Å². The molecule has 0 bridgehead atoms. The van der Waals surface area contributed by atoms with Gasteiger partial charge in [-0.25, -0.2) is 0 Å². The first kappa shape index (κ1) is 11.1. The van der Waals surface area contributed by atoms with Gasteiger partial charge in [0.1, 0.15) is 11.4 Å². The van der Waals surface area contributed by atoms with Gasteiger partial charge in [0.2, 0.25) is 0 Å². The molecule has 2 aromatic rings. The van der Waals surface area contributed by atoms with Crippen molar-refractivity contribution in [2.45, 2.75) is 6.92 Å². The number of carbonyl (C=O) groups is 1. The Bertz CT molecular complexity index is 561. The first-order valence-electron chi connectivity index (χ1n) is 5.08. The Kier molecular flexibility index (Phi) is 2.78. The Hall–Kier alpha value is -2.37. The van der Waals surface area contributed by atoms with Crippen molar-refractivity contribution in [3.63, 3.8) is 0 Å². The lowest BCUT2D eigenvalue weighted by Crippen LogP contribution is -2.14. The third-order valence-corrected chi connectivity index (χ3v) is 2.36. The molecule has 2 rings (SSSR count). The fourth-order valence-electron chi connectivity index (χ4n) is 1.44. The highest BCUT2D eigenvalue weighted by Crippen LogP contribution is 2.13. The molecule has 0 radical (unpaired) electrons. The number of amides is 1. The molecule has 88 valence electrons. The van der Waals surface area contributed by atoms with E-state index in [4.69, 9.17) is 5.73 Å². The lowest BCUT2D eigenvalue weighted by atomic mass is 10.2. The minimum atomic E-state index is -0.289. The highest BCUT2D eigenvalue weighted by atomic mass is 16.1. The number of nitrogens with zero attached hydrogens (tertiary/aromatic N) is 3. The van der Waals surface area contributed by atoms with Crippen LogP contribution in [0.3, 0.4) is 0 Å². The Morgan fingerprint density at radius 2 is 2.18 bits per heavy atom.